The highest BCUT2D eigenvalue weighted by Gasteiger charge is 2.38. The standard InChI is InChI=1S/C20H24N2O4S2/c23-27(24,21-14-4-5-15-21)19-10-12-20(13-11-19)28(25,26)22(18-8-9-18)16-17-6-2-1-3-7-17/h1-3,6-7,10-13,18H,4-5,8-9,14-16H2. The molecule has 0 aromatic heterocycles. The highest BCUT2D eigenvalue weighted by atomic mass is 32.2. The van der Waals surface area contributed by atoms with Crippen LogP contribution in [-0.2, 0) is 26.6 Å². The second kappa shape index (κ2) is 7.59. The number of hydrogen-bond donors (Lipinski definition) is 0. The van der Waals surface area contributed by atoms with E-state index in [2.05, 4.69) is 0 Å². The van der Waals surface area contributed by atoms with Gasteiger partial charge in [0.1, 0.15) is 0 Å². The molecule has 1 aliphatic carbocycles. The SMILES string of the molecule is O=S(=O)(c1ccc(S(=O)(=O)N(Cc2ccccc2)C2CC2)cc1)N1CCCC1. The minimum Gasteiger partial charge on any atom is -0.207 e. The van der Waals surface area contributed by atoms with Gasteiger partial charge in [-0.25, -0.2) is 16.8 Å². The lowest BCUT2D eigenvalue weighted by atomic mass is 10.2. The minimum atomic E-state index is -3.69. The van der Waals surface area contributed by atoms with Crippen LogP contribution in [-0.4, -0.2) is 44.6 Å². The summed E-state index contributed by atoms with van der Waals surface area (Å²) >= 11 is 0. The summed E-state index contributed by atoms with van der Waals surface area (Å²) < 4.78 is 54.7. The fraction of sp³-hybridized carbons (Fsp3) is 0.400. The third-order valence-corrected chi connectivity index (χ3v) is 9.09. The van der Waals surface area contributed by atoms with Crippen molar-refractivity contribution < 1.29 is 16.8 Å². The van der Waals surface area contributed by atoms with E-state index in [1.807, 2.05) is 30.3 Å². The van der Waals surface area contributed by atoms with E-state index in [0.717, 1.165) is 31.2 Å². The molecule has 2 fully saturated rings. The zero-order valence-corrected chi connectivity index (χ0v) is 17.2. The van der Waals surface area contributed by atoms with Crippen LogP contribution >= 0.6 is 0 Å². The molecule has 1 saturated heterocycles. The molecule has 150 valence electrons. The Morgan fingerprint density at radius 2 is 1.39 bits per heavy atom. The summed E-state index contributed by atoms with van der Waals surface area (Å²) in [6.07, 6.45) is 3.43. The number of benzene rings is 2. The summed E-state index contributed by atoms with van der Waals surface area (Å²) in [5.41, 5.74) is 0.936. The topological polar surface area (TPSA) is 74.8 Å². The van der Waals surface area contributed by atoms with Gasteiger partial charge in [-0.2, -0.15) is 8.61 Å². The smallest absolute Gasteiger partial charge is 0.207 e. The molecule has 0 spiro atoms. The Bertz CT molecular complexity index is 1030. The maximum Gasteiger partial charge on any atom is 0.243 e. The van der Waals surface area contributed by atoms with E-state index >= 15 is 0 Å². The molecule has 2 aromatic carbocycles. The van der Waals surface area contributed by atoms with Crippen molar-refractivity contribution in [3.8, 4) is 0 Å². The number of sulfonamides is 2. The summed E-state index contributed by atoms with van der Waals surface area (Å²) in [4.78, 5) is 0.282. The highest BCUT2D eigenvalue weighted by Crippen LogP contribution is 2.34. The summed E-state index contributed by atoms with van der Waals surface area (Å²) in [6, 6.07) is 15.2. The lowest BCUT2D eigenvalue weighted by Gasteiger charge is -2.22. The summed E-state index contributed by atoms with van der Waals surface area (Å²) in [6.45, 7) is 1.37. The van der Waals surface area contributed by atoms with Gasteiger partial charge in [-0.15, -0.1) is 0 Å². The largest absolute Gasteiger partial charge is 0.243 e. The molecule has 2 aliphatic rings. The molecule has 0 unspecified atom stereocenters. The lowest BCUT2D eigenvalue weighted by Crippen LogP contribution is -2.32. The van der Waals surface area contributed by atoms with Gasteiger partial charge in [-0.3, -0.25) is 0 Å². The first kappa shape index (κ1) is 19.6. The molecule has 1 saturated carbocycles. The van der Waals surface area contributed by atoms with Gasteiger partial charge in [-0.1, -0.05) is 30.3 Å². The zero-order chi connectivity index (χ0) is 19.8. The molecule has 0 atom stereocenters. The predicted molar refractivity (Wildman–Crippen MR) is 107 cm³/mol. The van der Waals surface area contributed by atoms with Crippen molar-refractivity contribution >= 4 is 20.0 Å². The first-order valence-electron chi connectivity index (χ1n) is 9.55. The van der Waals surface area contributed by atoms with E-state index in [0.29, 0.717) is 19.6 Å². The van der Waals surface area contributed by atoms with E-state index < -0.39 is 20.0 Å². The minimum absolute atomic E-state index is 0.0122. The van der Waals surface area contributed by atoms with Crippen molar-refractivity contribution in [2.75, 3.05) is 13.1 Å². The molecular weight excluding hydrogens is 396 g/mol. The third-order valence-electron chi connectivity index (χ3n) is 5.27. The Morgan fingerprint density at radius 3 is 1.96 bits per heavy atom. The van der Waals surface area contributed by atoms with Crippen molar-refractivity contribution in [3.63, 3.8) is 0 Å². The Morgan fingerprint density at radius 1 is 0.821 bits per heavy atom. The van der Waals surface area contributed by atoms with Crippen molar-refractivity contribution in [2.24, 2.45) is 0 Å². The van der Waals surface area contributed by atoms with Gasteiger partial charge in [0.2, 0.25) is 20.0 Å². The fourth-order valence-electron chi connectivity index (χ4n) is 3.53. The molecule has 2 aromatic rings. The molecule has 0 radical (unpaired) electrons. The normalized spacial score (nSPS) is 18.6. The monoisotopic (exact) mass is 420 g/mol. The van der Waals surface area contributed by atoms with E-state index in [9.17, 15) is 16.8 Å². The molecule has 6 nitrogen and oxygen atoms in total. The maximum atomic E-state index is 13.2. The van der Waals surface area contributed by atoms with Gasteiger partial charge in [0, 0.05) is 25.7 Å². The van der Waals surface area contributed by atoms with Crippen molar-refractivity contribution in [2.45, 2.75) is 48.1 Å². The second-order valence-electron chi connectivity index (χ2n) is 7.35. The number of nitrogens with zero attached hydrogens (tertiary/aromatic N) is 2. The molecule has 0 bridgehead atoms. The van der Waals surface area contributed by atoms with Gasteiger partial charge in [0.05, 0.1) is 9.79 Å². The Labute approximate surface area is 166 Å². The van der Waals surface area contributed by atoms with Crippen LogP contribution in [0.25, 0.3) is 0 Å². The van der Waals surface area contributed by atoms with Crippen LogP contribution in [0, 0.1) is 0 Å². The summed E-state index contributed by atoms with van der Waals surface area (Å²) in [5.74, 6) is 0. The Hall–Kier alpha value is -1.74. The van der Waals surface area contributed by atoms with E-state index in [-0.39, 0.29) is 15.8 Å². The van der Waals surface area contributed by atoms with Gasteiger partial charge >= 0.3 is 0 Å². The Balaban J connectivity index is 1.59. The van der Waals surface area contributed by atoms with Gasteiger partial charge < -0.3 is 0 Å². The van der Waals surface area contributed by atoms with Gasteiger partial charge in [-0.05, 0) is 55.5 Å². The van der Waals surface area contributed by atoms with E-state index in [1.165, 1.54) is 32.9 Å². The maximum absolute atomic E-state index is 13.2. The first-order chi connectivity index (χ1) is 13.4. The predicted octanol–water partition coefficient (Wildman–Crippen LogP) is 2.82. The molecule has 4 rings (SSSR count). The molecular formula is C20H24N2O4S2. The second-order valence-corrected chi connectivity index (χ2v) is 11.2. The van der Waals surface area contributed by atoms with Crippen molar-refractivity contribution in [3.05, 3.63) is 60.2 Å². The zero-order valence-electron chi connectivity index (χ0n) is 15.6. The van der Waals surface area contributed by atoms with Crippen LogP contribution in [0.1, 0.15) is 31.2 Å². The van der Waals surface area contributed by atoms with Crippen LogP contribution in [0.3, 0.4) is 0 Å². The first-order valence-corrected chi connectivity index (χ1v) is 12.4. The molecule has 8 heteroatoms. The van der Waals surface area contributed by atoms with Crippen LogP contribution < -0.4 is 0 Å². The van der Waals surface area contributed by atoms with Gasteiger partial charge in [0.15, 0.2) is 0 Å². The number of hydrogen-bond acceptors (Lipinski definition) is 4. The summed E-state index contributed by atoms with van der Waals surface area (Å²) in [7, 11) is -7.24. The van der Waals surface area contributed by atoms with E-state index in [4.69, 9.17) is 0 Å². The quantitative estimate of drug-likeness (QED) is 0.690. The molecule has 1 heterocycles. The summed E-state index contributed by atoms with van der Waals surface area (Å²) in [5, 5.41) is 0. The van der Waals surface area contributed by atoms with Crippen LogP contribution in [0.4, 0.5) is 0 Å². The van der Waals surface area contributed by atoms with Crippen LogP contribution in [0.15, 0.2) is 64.4 Å². The van der Waals surface area contributed by atoms with Crippen molar-refractivity contribution in [1.29, 1.82) is 0 Å². The lowest BCUT2D eigenvalue weighted by molar-refractivity contribution is 0.398. The molecule has 0 amide bonds. The van der Waals surface area contributed by atoms with Crippen LogP contribution in [0.2, 0.25) is 0 Å². The Kier molecular flexibility index (Phi) is 5.30. The van der Waals surface area contributed by atoms with E-state index in [1.54, 1.807) is 0 Å². The highest BCUT2D eigenvalue weighted by molar-refractivity contribution is 7.89. The molecule has 1 aliphatic heterocycles. The average Bonchev–Trinajstić information content (AvgIpc) is 3.38. The fourth-order valence-corrected chi connectivity index (χ4v) is 6.72. The van der Waals surface area contributed by atoms with Crippen LogP contribution in [0.5, 0.6) is 0 Å². The number of rotatable bonds is 7. The average molecular weight is 421 g/mol. The third kappa shape index (κ3) is 3.87. The van der Waals surface area contributed by atoms with Crippen molar-refractivity contribution in [1.82, 2.24) is 8.61 Å². The van der Waals surface area contributed by atoms with Gasteiger partial charge in [0.25, 0.3) is 0 Å². The molecule has 0 N–H and O–H groups in total. The molecule has 28 heavy (non-hydrogen) atoms.